The number of benzene rings is 1. The molecule has 0 spiro atoms. The maximum absolute atomic E-state index is 11.7. The van der Waals surface area contributed by atoms with Gasteiger partial charge in [-0.3, -0.25) is 4.79 Å². The zero-order valence-corrected chi connectivity index (χ0v) is 13.7. The number of aromatic nitrogens is 1. The molecule has 0 aliphatic heterocycles. The first-order chi connectivity index (χ1) is 9.56. The number of carbonyl (C=O) groups excluding carboxylic acids is 1. The highest BCUT2D eigenvalue weighted by Crippen LogP contribution is 2.32. The maximum atomic E-state index is 11.7. The van der Waals surface area contributed by atoms with Crippen molar-refractivity contribution in [1.29, 1.82) is 5.26 Å². The molecule has 0 fully saturated rings. The smallest absolute Gasteiger partial charge is 0.171 e. The minimum atomic E-state index is -0.875. The Balaban J connectivity index is 2.41. The summed E-state index contributed by atoms with van der Waals surface area (Å²) in [6.45, 7) is 1.93. The number of nitriles is 1. The van der Waals surface area contributed by atoms with Crippen molar-refractivity contribution in [3.8, 4) is 17.3 Å². The Kier molecular flexibility index (Phi) is 4.92. The Morgan fingerprint density at radius 2 is 2.15 bits per heavy atom. The van der Waals surface area contributed by atoms with E-state index in [1.54, 1.807) is 0 Å². The second-order valence-corrected chi connectivity index (χ2v) is 6.54. The zero-order chi connectivity index (χ0) is 14.7. The predicted molar refractivity (Wildman–Crippen MR) is 84.1 cm³/mol. The first kappa shape index (κ1) is 15.2. The fourth-order valence-corrected chi connectivity index (χ4v) is 3.19. The highest BCUT2D eigenvalue weighted by atomic mass is 79.9. The second-order valence-electron chi connectivity index (χ2n) is 4.13. The molecule has 0 bridgehead atoms. The summed E-state index contributed by atoms with van der Waals surface area (Å²) >= 11 is 10.3. The molecule has 0 aliphatic carbocycles. The van der Waals surface area contributed by atoms with E-state index in [9.17, 15) is 4.79 Å². The van der Waals surface area contributed by atoms with E-state index in [0.29, 0.717) is 5.01 Å². The Bertz CT molecular complexity index is 675. The van der Waals surface area contributed by atoms with Crippen LogP contribution in [-0.4, -0.2) is 16.6 Å². The number of hydrogen-bond acceptors (Lipinski definition) is 4. The van der Waals surface area contributed by atoms with Crippen molar-refractivity contribution in [2.45, 2.75) is 12.8 Å². The molecule has 3 nitrogen and oxygen atoms in total. The number of nitrogens with zero attached hydrogens (tertiary/aromatic N) is 2. The van der Waals surface area contributed by atoms with E-state index in [0.717, 1.165) is 20.6 Å². The first-order valence-corrected chi connectivity index (χ1v) is 7.92. The van der Waals surface area contributed by atoms with Gasteiger partial charge in [0.2, 0.25) is 0 Å². The molecular formula is C14H10BrClN2OS. The number of rotatable bonds is 4. The lowest BCUT2D eigenvalue weighted by Crippen LogP contribution is -2.11. The van der Waals surface area contributed by atoms with Crippen molar-refractivity contribution in [3.63, 3.8) is 0 Å². The SMILES string of the molecule is Cc1sc(C(C#N)C(=O)CCl)nc1-c1ccc(Br)cc1. The van der Waals surface area contributed by atoms with Gasteiger partial charge >= 0.3 is 0 Å². The quantitative estimate of drug-likeness (QED) is 0.755. The fraction of sp³-hybridized carbons (Fsp3) is 0.214. The van der Waals surface area contributed by atoms with Gasteiger partial charge in [0.25, 0.3) is 0 Å². The number of ketones is 1. The Labute approximate surface area is 134 Å². The van der Waals surface area contributed by atoms with Crippen LogP contribution in [0.4, 0.5) is 0 Å². The zero-order valence-electron chi connectivity index (χ0n) is 10.6. The van der Waals surface area contributed by atoms with Gasteiger partial charge in [0.1, 0.15) is 5.01 Å². The lowest BCUT2D eigenvalue weighted by atomic mass is 10.1. The molecule has 0 amide bonds. The third-order valence-corrected chi connectivity index (χ3v) is 4.59. The standard InChI is InChI=1S/C14H10BrClN2OS/c1-8-13(9-2-4-10(15)5-3-9)18-14(20-8)11(7-17)12(19)6-16/h2-5,11H,6H2,1H3. The van der Waals surface area contributed by atoms with Gasteiger partial charge in [0, 0.05) is 14.9 Å². The Morgan fingerprint density at radius 1 is 1.50 bits per heavy atom. The number of alkyl halides is 1. The molecule has 2 aromatic rings. The van der Waals surface area contributed by atoms with Gasteiger partial charge in [-0.05, 0) is 19.1 Å². The summed E-state index contributed by atoms with van der Waals surface area (Å²) in [5.41, 5.74) is 1.77. The van der Waals surface area contributed by atoms with Crippen LogP contribution in [-0.2, 0) is 4.79 Å². The topological polar surface area (TPSA) is 53.8 Å². The van der Waals surface area contributed by atoms with Crippen molar-refractivity contribution in [3.05, 3.63) is 38.6 Å². The lowest BCUT2D eigenvalue weighted by Gasteiger charge is -2.01. The van der Waals surface area contributed by atoms with Crippen LogP contribution in [0.5, 0.6) is 0 Å². The maximum Gasteiger partial charge on any atom is 0.171 e. The minimum Gasteiger partial charge on any atom is -0.296 e. The molecule has 0 saturated heterocycles. The van der Waals surface area contributed by atoms with Crippen molar-refractivity contribution < 1.29 is 4.79 Å². The van der Waals surface area contributed by atoms with Crippen LogP contribution in [0.3, 0.4) is 0 Å². The molecule has 1 unspecified atom stereocenters. The van der Waals surface area contributed by atoms with Gasteiger partial charge in [-0.1, -0.05) is 28.1 Å². The average Bonchev–Trinajstić information content (AvgIpc) is 2.82. The predicted octanol–water partition coefficient (Wildman–Crippen LogP) is 4.30. The van der Waals surface area contributed by atoms with Gasteiger partial charge in [-0.2, -0.15) is 5.26 Å². The van der Waals surface area contributed by atoms with Crippen LogP contribution in [0.1, 0.15) is 15.8 Å². The van der Waals surface area contributed by atoms with Gasteiger partial charge in [-0.15, -0.1) is 22.9 Å². The van der Waals surface area contributed by atoms with Gasteiger partial charge in [-0.25, -0.2) is 4.98 Å². The summed E-state index contributed by atoms with van der Waals surface area (Å²) in [4.78, 5) is 17.1. The lowest BCUT2D eigenvalue weighted by molar-refractivity contribution is -0.117. The van der Waals surface area contributed by atoms with Gasteiger partial charge < -0.3 is 0 Å². The van der Waals surface area contributed by atoms with Crippen LogP contribution in [0.15, 0.2) is 28.7 Å². The van der Waals surface area contributed by atoms with Gasteiger partial charge in [0.05, 0.1) is 17.6 Å². The van der Waals surface area contributed by atoms with Crippen LogP contribution in [0.25, 0.3) is 11.3 Å². The number of Topliss-reactive ketones (excluding diaryl/α,β-unsaturated/α-hetero) is 1. The molecule has 102 valence electrons. The first-order valence-electron chi connectivity index (χ1n) is 5.78. The van der Waals surface area contributed by atoms with Crippen molar-refractivity contribution in [1.82, 2.24) is 4.98 Å². The van der Waals surface area contributed by atoms with Gasteiger partial charge in [0.15, 0.2) is 11.7 Å². The highest BCUT2D eigenvalue weighted by molar-refractivity contribution is 9.10. The molecule has 2 rings (SSSR count). The van der Waals surface area contributed by atoms with Crippen LogP contribution >= 0.6 is 38.9 Å². The number of carbonyl (C=O) groups is 1. The van der Waals surface area contributed by atoms with E-state index in [1.807, 2.05) is 37.3 Å². The van der Waals surface area contributed by atoms with Crippen LogP contribution < -0.4 is 0 Å². The molecular weight excluding hydrogens is 360 g/mol. The third kappa shape index (κ3) is 3.09. The number of aryl methyl sites for hydroxylation is 1. The van der Waals surface area contributed by atoms with Crippen molar-refractivity contribution in [2.24, 2.45) is 0 Å². The van der Waals surface area contributed by atoms with E-state index in [1.165, 1.54) is 11.3 Å². The highest BCUT2D eigenvalue weighted by Gasteiger charge is 2.24. The minimum absolute atomic E-state index is 0.176. The molecule has 0 N–H and O–H groups in total. The Morgan fingerprint density at radius 3 is 2.70 bits per heavy atom. The number of thiazole rings is 1. The van der Waals surface area contributed by atoms with E-state index >= 15 is 0 Å². The largest absolute Gasteiger partial charge is 0.296 e. The molecule has 1 aromatic heterocycles. The third-order valence-electron chi connectivity index (χ3n) is 2.76. The molecule has 0 aliphatic rings. The van der Waals surface area contributed by atoms with E-state index < -0.39 is 5.92 Å². The molecule has 1 heterocycles. The number of halogens is 2. The molecule has 0 radical (unpaired) electrons. The van der Waals surface area contributed by atoms with Crippen LogP contribution in [0, 0.1) is 18.3 Å². The molecule has 1 atom stereocenters. The Hall–Kier alpha value is -1.22. The summed E-state index contributed by atoms with van der Waals surface area (Å²) in [5.74, 6) is -1.37. The van der Waals surface area contributed by atoms with E-state index in [2.05, 4.69) is 20.9 Å². The fourth-order valence-electron chi connectivity index (χ4n) is 1.76. The van der Waals surface area contributed by atoms with E-state index in [-0.39, 0.29) is 11.7 Å². The van der Waals surface area contributed by atoms with Crippen molar-refractivity contribution >= 4 is 44.7 Å². The monoisotopic (exact) mass is 368 g/mol. The summed E-state index contributed by atoms with van der Waals surface area (Å²) in [7, 11) is 0. The van der Waals surface area contributed by atoms with E-state index in [4.69, 9.17) is 16.9 Å². The summed E-state index contributed by atoms with van der Waals surface area (Å²) in [6.07, 6.45) is 0. The average molecular weight is 370 g/mol. The summed E-state index contributed by atoms with van der Waals surface area (Å²) in [5, 5.41) is 9.63. The van der Waals surface area contributed by atoms with Crippen LogP contribution in [0.2, 0.25) is 0 Å². The molecule has 1 aromatic carbocycles. The summed E-state index contributed by atoms with van der Waals surface area (Å²) in [6, 6.07) is 9.73. The van der Waals surface area contributed by atoms with Crippen molar-refractivity contribution in [2.75, 3.05) is 5.88 Å². The number of hydrogen-bond donors (Lipinski definition) is 0. The molecule has 0 saturated carbocycles. The normalized spacial score (nSPS) is 11.9. The summed E-state index contributed by atoms with van der Waals surface area (Å²) < 4.78 is 0.988. The second kappa shape index (κ2) is 6.49. The molecule has 20 heavy (non-hydrogen) atoms. The molecule has 6 heteroatoms.